The summed E-state index contributed by atoms with van der Waals surface area (Å²) in [6.45, 7) is 1.74. The van der Waals surface area contributed by atoms with Crippen molar-refractivity contribution in [2.45, 2.75) is 13.3 Å². The molecule has 16 heavy (non-hydrogen) atoms. The van der Waals surface area contributed by atoms with E-state index in [1.165, 1.54) is 0 Å². The lowest BCUT2D eigenvalue weighted by atomic mass is 10.2. The Kier molecular flexibility index (Phi) is 3.76. The number of halogens is 3. The van der Waals surface area contributed by atoms with Gasteiger partial charge in [-0.1, -0.05) is 6.92 Å². The van der Waals surface area contributed by atoms with Crippen molar-refractivity contribution >= 4 is 5.97 Å². The standard InChI is InChI=1S/C10H9F3O3/c1-2-3-16-10(15)5-4-6(11)8(13)9(14)7(5)12/h4,14H,2-3H2,1H3. The summed E-state index contributed by atoms with van der Waals surface area (Å²) < 4.78 is 43.2. The van der Waals surface area contributed by atoms with Crippen LogP contribution in [0.15, 0.2) is 6.07 Å². The van der Waals surface area contributed by atoms with Gasteiger partial charge in [-0.2, -0.15) is 4.39 Å². The Morgan fingerprint density at radius 3 is 2.56 bits per heavy atom. The van der Waals surface area contributed by atoms with E-state index in [-0.39, 0.29) is 6.61 Å². The molecule has 0 saturated heterocycles. The minimum atomic E-state index is -1.73. The zero-order chi connectivity index (χ0) is 12.3. The molecule has 1 rings (SSSR count). The molecular weight excluding hydrogens is 225 g/mol. The van der Waals surface area contributed by atoms with Crippen LogP contribution in [0.25, 0.3) is 0 Å². The molecule has 0 saturated carbocycles. The van der Waals surface area contributed by atoms with Crippen LogP contribution in [0.2, 0.25) is 0 Å². The topological polar surface area (TPSA) is 46.5 Å². The fourth-order valence-electron chi connectivity index (χ4n) is 1.01. The summed E-state index contributed by atoms with van der Waals surface area (Å²) in [6.07, 6.45) is 0.503. The first-order chi connectivity index (χ1) is 7.49. The highest BCUT2D eigenvalue weighted by Gasteiger charge is 2.23. The SMILES string of the molecule is CCCOC(=O)c1cc(F)c(F)c(O)c1F. The maximum Gasteiger partial charge on any atom is 0.341 e. The number of rotatable bonds is 3. The second-order valence-corrected chi connectivity index (χ2v) is 3.02. The van der Waals surface area contributed by atoms with Crippen molar-refractivity contribution in [3.63, 3.8) is 0 Å². The molecule has 0 radical (unpaired) electrons. The van der Waals surface area contributed by atoms with E-state index in [9.17, 15) is 18.0 Å². The minimum absolute atomic E-state index is 0.0258. The monoisotopic (exact) mass is 234 g/mol. The van der Waals surface area contributed by atoms with Crippen molar-refractivity contribution in [2.75, 3.05) is 6.61 Å². The maximum absolute atomic E-state index is 13.2. The number of esters is 1. The Morgan fingerprint density at radius 1 is 1.38 bits per heavy atom. The molecule has 0 aliphatic heterocycles. The molecule has 3 nitrogen and oxygen atoms in total. The predicted octanol–water partition coefficient (Wildman–Crippen LogP) is 2.38. The average Bonchev–Trinajstić information content (AvgIpc) is 2.28. The first-order valence-corrected chi connectivity index (χ1v) is 4.52. The lowest BCUT2D eigenvalue weighted by Gasteiger charge is -2.06. The molecule has 1 aromatic rings. The number of hydrogen-bond acceptors (Lipinski definition) is 3. The van der Waals surface area contributed by atoms with Gasteiger partial charge in [-0.15, -0.1) is 0 Å². The normalized spacial score (nSPS) is 10.2. The van der Waals surface area contributed by atoms with Crippen LogP contribution in [0.1, 0.15) is 23.7 Å². The Labute approximate surface area is 89.5 Å². The fourth-order valence-corrected chi connectivity index (χ4v) is 1.01. The fraction of sp³-hybridized carbons (Fsp3) is 0.300. The van der Waals surface area contributed by atoms with Gasteiger partial charge in [-0.3, -0.25) is 0 Å². The van der Waals surface area contributed by atoms with E-state index in [4.69, 9.17) is 5.11 Å². The van der Waals surface area contributed by atoms with E-state index in [1.54, 1.807) is 6.92 Å². The number of hydrogen-bond donors (Lipinski definition) is 1. The van der Waals surface area contributed by atoms with Crippen molar-refractivity contribution in [2.24, 2.45) is 0 Å². The minimum Gasteiger partial charge on any atom is -0.503 e. The van der Waals surface area contributed by atoms with Crippen molar-refractivity contribution < 1.29 is 27.8 Å². The van der Waals surface area contributed by atoms with Gasteiger partial charge in [0, 0.05) is 0 Å². The number of ether oxygens (including phenoxy) is 1. The summed E-state index contributed by atoms with van der Waals surface area (Å²) in [6, 6.07) is 0.350. The summed E-state index contributed by atoms with van der Waals surface area (Å²) in [5.74, 6) is -7.44. The van der Waals surface area contributed by atoms with Gasteiger partial charge < -0.3 is 9.84 Å². The summed E-state index contributed by atoms with van der Waals surface area (Å²) >= 11 is 0. The van der Waals surface area contributed by atoms with E-state index in [0.29, 0.717) is 12.5 Å². The molecule has 0 bridgehead atoms. The quantitative estimate of drug-likeness (QED) is 0.645. The van der Waals surface area contributed by atoms with Crippen molar-refractivity contribution in [3.8, 4) is 5.75 Å². The Morgan fingerprint density at radius 2 is 2.00 bits per heavy atom. The van der Waals surface area contributed by atoms with E-state index in [2.05, 4.69) is 4.74 Å². The van der Waals surface area contributed by atoms with Gasteiger partial charge in [-0.25, -0.2) is 13.6 Å². The second kappa shape index (κ2) is 4.87. The zero-order valence-corrected chi connectivity index (χ0v) is 8.39. The molecule has 1 aromatic carbocycles. The highest BCUT2D eigenvalue weighted by Crippen LogP contribution is 2.26. The van der Waals surface area contributed by atoms with Crippen LogP contribution in [0.3, 0.4) is 0 Å². The second-order valence-electron chi connectivity index (χ2n) is 3.02. The molecule has 1 N–H and O–H groups in total. The molecule has 0 aliphatic carbocycles. The number of benzene rings is 1. The molecule has 0 aromatic heterocycles. The van der Waals surface area contributed by atoms with Crippen molar-refractivity contribution in [1.29, 1.82) is 0 Å². The summed E-state index contributed by atoms with van der Waals surface area (Å²) in [7, 11) is 0. The largest absolute Gasteiger partial charge is 0.503 e. The molecule has 88 valence electrons. The molecule has 6 heteroatoms. The van der Waals surface area contributed by atoms with E-state index >= 15 is 0 Å². The highest BCUT2D eigenvalue weighted by atomic mass is 19.2. The smallest absolute Gasteiger partial charge is 0.341 e. The summed E-state index contributed by atoms with van der Waals surface area (Å²) in [5, 5.41) is 8.84. The van der Waals surface area contributed by atoms with Crippen molar-refractivity contribution in [3.05, 3.63) is 29.1 Å². The van der Waals surface area contributed by atoms with Crippen LogP contribution in [-0.2, 0) is 4.74 Å². The average molecular weight is 234 g/mol. The Bertz CT molecular complexity index is 418. The number of aromatic hydroxyl groups is 1. The highest BCUT2D eigenvalue weighted by molar-refractivity contribution is 5.90. The van der Waals surface area contributed by atoms with Crippen LogP contribution in [0.4, 0.5) is 13.2 Å². The number of phenols is 1. The molecule has 0 unspecified atom stereocenters. The first kappa shape index (κ1) is 12.4. The maximum atomic E-state index is 13.2. The van der Waals surface area contributed by atoms with Gasteiger partial charge in [0.1, 0.15) is 5.56 Å². The lowest BCUT2D eigenvalue weighted by molar-refractivity contribution is 0.0497. The molecule has 0 aliphatic rings. The molecule has 0 atom stereocenters. The van der Waals surface area contributed by atoms with Gasteiger partial charge in [0.15, 0.2) is 17.4 Å². The molecule has 0 heterocycles. The molecule has 0 spiro atoms. The summed E-state index contributed by atoms with van der Waals surface area (Å²) in [4.78, 5) is 11.2. The predicted molar refractivity (Wildman–Crippen MR) is 48.6 cm³/mol. The van der Waals surface area contributed by atoms with Crippen LogP contribution < -0.4 is 0 Å². The number of carbonyl (C=O) groups excluding carboxylic acids is 1. The van der Waals surface area contributed by atoms with Gasteiger partial charge >= 0.3 is 5.97 Å². The van der Waals surface area contributed by atoms with Gasteiger partial charge in [0.05, 0.1) is 6.61 Å². The lowest BCUT2D eigenvalue weighted by Crippen LogP contribution is -2.10. The van der Waals surface area contributed by atoms with E-state index in [0.717, 1.165) is 0 Å². The molecular formula is C10H9F3O3. The third kappa shape index (κ3) is 2.26. The van der Waals surface area contributed by atoms with Gasteiger partial charge in [0.2, 0.25) is 5.82 Å². The third-order valence-electron chi connectivity index (χ3n) is 1.79. The Balaban J connectivity index is 3.10. The molecule has 0 fully saturated rings. The third-order valence-corrected chi connectivity index (χ3v) is 1.79. The van der Waals surface area contributed by atoms with E-state index < -0.39 is 34.7 Å². The Hall–Kier alpha value is -1.72. The first-order valence-electron chi connectivity index (χ1n) is 4.52. The van der Waals surface area contributed by atoms with Gasteiger partial charge in [0.25, 0.3) is 0 Å². The van der Waals surface area contributed by atoms with Gasteiger partial charge in [-0.05, 0) is 12.5 Å². The van der Waals surface area contributed by atoms with Crippen LogP contribution in [0.5, 0.6) is 5.75 Å². The van der Waals surface area contributed by atoms with Crippen LogP contribution in [-0.4, -0.2) is 17.7 Å². The number of carbonyl (C=O) groups is 1. The van der Waals surface area contributed by atoms with Crippen LogP contribution >= 0.6 is 0 Å². The summed E-state index contributed by atoms with van der Waals surface area (Å²) in [5.41, 5.74) is -0.829. The van der Waals surface area contributed by atoms with E-state index in [1.807, 2.05) is 0 Å². The number of phenolic OH excluding ortho intramolecular Hbond substituents is 1. The zero-order valence-electron chi connectivity index (χ0n) is 8.39. The van der Waals surface area contributed by atoms with Crippen LogP contribution in [0, 0.1) is 17.5 Å². The molecule has 0 amide bonds. The van der Waals surface area contributed by atoms with Crippen molar-refractivity contribution in [1.82, 2.24) is 0 Å².